The van der Waals surface area contributed by atoms with E-state index < -0.39 is 10.0 Å². The number of amides is 1. The Hall–Kier alpha value is -1.44. The average Bonchev–Trinajstić information content (AvgIpc) is 2.62. The Bertz CT molecular complexity index is 716. The number of piperidine rings is 1. The predicted octanol–water partition coefficient (Wildman–Crippen LogP) is 2.04. The number of rotatable bonds is 4. The van der Waals surface area contributed by atoms with Crippen LogP contribution in [0.5, 0.6) is 0 Å². The molecule has 6 nitrogen and oxygen atoms in total. The van der Waals surface area contributed by atoms with Crippen LogP contribution in [0.3, 0.4) is 0 Å². The van der Waals surface area contributed by atoms with E-state index in [1.807, 2.05) is 18.7 Å². The van der Waals surface area contributed by atoms with Crippen LogP contribution in [0.2, 0.25) is 0 Å². The van der Waals surface area contributed by atoms with Crippen molar-refractivity contribution in [2.75, 3.05) is 26.2 Å². The summed E-state index contributed by atoms with van der Waals surface area (Å²) in [5.74, 6) is 0.0543. The quantitative estimate of drug-likeness (QED) is 0.802. The van der Waals surface area contributed by atoms with Crippen molar-refractivity contribution < 1.29 is 17.9 Å². The van der Waals surface area contributed by atoms with Gasteiger partial charge < -0.3 is 9.64 Å². The molecular formula is C19H28N2O4S. The molecule has 0 N–H and O–H groups in total. The van der Waals surface area contributed by atoms with Gasteiger partial charge in [-0.3, -0.25) is 4.79 Å². The first-order valence-corrected chi connectivity index (χ1v) is 10.8. The molecule has 2 aliphatic rings. The molecule has 2 saturated heterocycles. The van der Waals surface area contributed by atoms with Crippen LogP contribution in [0, 0.1) is 0 Å². The largest absolute Gasteiger partial charge is 0.372 e. The summed E-state index contributed by atoms with van der Waals surface area (Å²) in [5, 5.41) is 0. The minimum atomic E-state index is -3.42. The van der Waals surface area contributed by atoms with Crippen LogP contribution in [0.4, 0.5) is 0 Å². The fourth-order valence-corrected chi connectivity index (χ4v) is 5.22. The van der Waals surface area contributed by atoms with Crippen LogP contribution < -0.4 is 0 Å². The minimum Gasteiger partial charge on any atom is -0.372 e. The monoisotopic (exact) mass is 380 g/mol. The first-order chi connectivity index (χ1) is 12.4. The Labute approximate surface area is 156 Å². The molecular weight excluding hydrogens is 352 g/mol. The Morgan fingerprint density at radius 1 is 1.04 bits per heavy atom. The summed E-state index contributed by atoms with van der Waals surface area (Å²) in [5.41, 5.74) is 0.833. The molecule has 2 aliphatic heterocycles. The Morgan fingerprint density at radius 3 is 2.19 bits per heavy atom. The molecule has 0 unspecified atom stereocenters. The van der Waals surface area contributed by atoms with E-state index in [2.05, 4.69) is 0 Å². The highest BCUT2D eigenvalue weighted by Gasteiger charge is 2.27. The van der Waals surface area contributed by atoms with Crippen LogP contribution >= 0.6 is 0 Å². The molecule has 144 valence electrons. The molecule has 0 aliphatic carbocycles. The second kappa shape index (κ2) is 8.06. The lowest BCUT2D eigenvalue weighted by atomic mass is 10.1. The lowest BCUT2D eigenvalue weighted by molar-refractivity contribution is -0.142. The summed E-state index contributed by atoms with van der Waals surface area (Å²) in [7, 11) is -3.42. The third kappa shape index (κ3) is 4.45. The van der Waals surface area contributed by atoms with Crippen molar-refractivity contribution in [2.45, 2.75) is 56.6 Å². The van der Waals surface area contributed by atoms with Crippen molar-refractivity contribution in [3.8, 4) is 0 Å². The molecule has 0 saturated carbocycles. The van der Waals surface area contributed by atoms with Gasteiger partial charge in [-0.1, -0.05) is 18.6 Å². The standard InChI is InChI=1S/C19H28N2O4S/c1-15-13-20(14-16(2)25-15)19(22)12-17-6-8-18(9-7-17)26(23,24)21-10-4-3-5-11-21/h6-9,15-16H,3-5,10-14H2,1-2H3/t15-,16-/m0/s1. The van der Waals surface area contributed by atoms with Crippen molar-refractivity contribution in [1.82, 2.24) is 9.21 Å². The topological polar surface area (TPSA) is 66.9 Å². The van der Waals surface area contributed by atoms with Crippen LogP contribution in [-0.2, 0) is 26.0 Å². The summed E-state index contributed by atoms with van der Waals surface area (Å²) in [4.78, 5) is 14.7. The fraction of sp³-hybridized carbons (Fsp3) is 0.632. The number of ether oxygens (including phenoxy) is 1. The summed E-state index contributed by atoms with van der Waals surface area (Å²) < 4.78 is 32.6. The van der Waals surface area contributed by atoms with Crippen molar-refractivity contribution in [2.24, 2.45) is 0 Å². The highest BCUT2D eigenvalue weighted by molar-refractivity contribution is 7.89. The Kier molecular flexibility index (Phi) is 5.99. The Balaban J connectivity index is 1.65. The number of benzene rings is 1. The van der Waals surface area contributed by atoms with E-state index in [4.69, 9.17) is 4.74 Å². The van der Waals surface area contributed by atoms with Gasteiger partial charge in [-0.2, -0.15) is 4.31 Å². The van der Waals surface area contributed by atoms with E-state index in [1.165, 1.54) is 0 Å². The molecule has 26 heavy (non-hydrogen) atoms. The first-order valence-electron chi connectivity index (χ1n) is 9.38. The second-order valence-corrected chi connectivity index (χ2v) is 9.28. The molecule has 0 spiro atoms. The van der Waals surface area contributed by atoms with E-state index in [0.29, 0.717) is 31.1 Å². The molecule has 2 heterocycles. The van der Waals surface area contributed by atoms with Crippen molar-refractivity contribution in [3.63, 3.8) is 0 Å². The van der Waals surface area contributed by atoms with Crippen molar-refractivity contribution in [3.05, 3.63) is 29.8 Å². The molecule has 1 aromatic rings. The van der Waals surface area contributed by atoms with E-state index >= 15 is 0 Å². The SMILES string of the molecule is C[C@H]1CN(C(=O)Cc2ccc(S(=O)(=O)N3CCCCC3)cc2)C[C@H](C)O1. The summed E-state index contributed by atoms with van der Waals surface area (Å²) >= 11 is 0. The molecule has 0 aromatic heterocycles. The molecule has 7 heteroatoms. The predicted molar refractivity (Wildman–Crippen MR) is 99.3 cm³/mol. The van der Waals surface area contributed by atoms with Gasteiger partial charge in [0.2, 0.25) is 15.9 Å². The third-order valence-corrected chi connectivity index (χ3v) is 6.92. The van der Waals surface area contributed by atoms with Gasteiger partial charge in [0.15, 0.2) is 0 Å². The maximum absolute atomic E-state index is 12.7. The maximum atomic E-state index is 12.7. The van der Waals surface area contributed by atoms with Crippen LogP contribution in [0.25, 0.3) is 0 Å². The lowest BCUT2D eigenvalue weighted by Gasteiger charge is -2.35. The number of hydrogen-bond acceptors (Lipinski definition) is 4. The number of carbonyl (C=O) groups is 1. The van der Waals surface area contributed by atoms with Crippen molar-refractivity contribution in [1.29, 1.82) is 0 Å². The van der Waals surface area contributed by atoms with Gasteiger partial charge in [0.05, 0.1) is 23.5 Å². The number of hydrogen-bond donors (Lipinski definition) is 0. The van der Waals surface area contributed by atoms with Crippen molar-refractivity contribution >= 4 is 15.9 Å². The van der Waals surface area contributed by atoms with E-state index in [1.54, 1.807) is 28.6 Å². The number of morpholine rings is 1. The highest BCUT2D eigenvalue weighted by atomic mass is 32.2. The van der Waals surface area contributed by atoms with Gasteiger partial charge >= 0.3 is 0 Å². The smallest absolute Gasteiger partial charge is 0.243 e. The maximum Gasteiger partial charge on any atom is 0.243 e. The normalized spacial score (nSPS) is 25.2. The molecule has 1 aromatic carbocycles. The number of carbonyl (C=O) groups excluding carboxylic acids is 1. The molecule has 3 rings (SSSR count). The zero-order chi connectivity index (χ0) is 18.7. The van der Waals surface area contributed by atoms with Gasteiger partial charge in [0.1, 0.15) is 0 Å². The minimum absolute atomic E-state index is 0.0414. The van der Waals surface area contributed by atoms with Crippen LogP contribution in [-0.4, -0.2) is 61.9 Å². The molecule has 0 radical (unpaired) electrons. The van der Waals surface area contributed by atoms with Gasteiger partial charge in [0.25, 0.3) is 0 Å². The highest BCUT2D eigenvalue weighted by Crippen LogP contribution is 2.21. The average molecular weight is 381 g/mol. The fourth-order valence-electron chi connectivity index (χ4n) is 3.70. The van der Waals surface area contributed by atoms with Crippen LogP contribution in [0.1, 0.15) is 38.7 Å². The number of nitrogens with zero attached hydrogens (tertiary/aromatic N) is 2. The summed E-state index contributed by atoms with van der Waals surface area (Å²) in [6.45, 7) is 6.33. The third-order valence-electron chi connectivity index (χ3n) is 5.00. The Morgan fingerprint density at radius 2 is 1.62 bits per heavy atom. The van der Waals surface area contributed by atoms with Gasteiger partial charge in [-0.05, 0) is 44.4 Å². The molecule has 2 fully saturated rings. The zero-order valence-electron chi connectivity index (χ0n) is 15.6. The molecule has 1 amide bonds. The summed E-state index contributed by atoms with van der Waals surface area (Å²) in [6.07, 6.45) is 3.29. The van der Waals surface area contributed by atoms with E-state index in [0.717, 1.165) is 24.8 Å². The molecule has 0 bridgehead atoms. The number of sulfonamides is 1. The summed E-state index contributed by atoms with van der Waals surface area (Å²) in [6, 6.07) is 6.75. The molecule has 2 atom stereocenters. The lowest BCUT2D eigenvalue weighted by Crippen LogP contribution is -2.48. The van der Waals surface area contributed by atoms with E-state index in [9.17, 15) is 13.2 Å². The van der Waals surface area contributed by atoms with Gasteiger partial charge in [-0.15, -0.1) is 0 Å². The van der Waals surface area contributed by atoms with Gasteiger partial charge in [-0.25, -0.2) is 8.42 Å². The van der Waals surface area contributed by atoms with Gasteiger partial charge in [0, 0.05) is 26.2 Å². The van der Waals surface area contributed by atoms with E-state index in [-0.39, 0.29) is 24.5 Å². The zero-order valence-corrected chi connectivity index (χ0v) is 16.4. The van der Waals surface area contributed by atoms with Crippen LogP contribution in [0.15, 0.2) is 29.2 Å². The first kappa shape index (κ1) is 19.3. The second-order valence-electron chi connectivity index (χ2n) is 7.34.